The monoisotopic (exact) mass is 183 g/mol. The maximum Gasteiger partial charge on any atom is 0.234 e. The Bertz CT molecular complexity index is 356. The molecule has 0 fully saturated rings. The average molecular weight is 184 g/mol. The normalized spacial score (nSPS) is 9.25. The Balaban J connectivity index is 0.000000336. The maximum atomic E-state index is 5.78. The molecule has 0 atom stereocenters. The van der Waals surface area contributed by atoms with Gasteiger partial charge in [0.25, 0.3) is 0 Å². The molecule has 0 bridgehead atoms. The third-order valence-electron chi connectivity index (χ3n) is 1.25. The van der Waals surface area contributed by atoms with Gasteiger partial charge in [-0.15, -0.1) is 0 Å². The van der Waals surface area contributed by atoms with Gasteiger partial charge >= 0.3 is 0 Å². The van der Waals surface area contributed by atoms with E-state index < -0.39 is 0 Å². The number of hydrogen-bond acceptors (Lipinski definition) is 2. The number of fused-ring (bicyclic) bond motifs is 1. The summed E-state index contributed by atoms with van der Waals surface area (Å²) in [5.74, 6) is 0.632. The molecular formula is C8H10ClN3. The second kappa shape index (κ2) is 4.07. The molecule has 3 nitrogen and oxygen atoms in total. The Morgan fingerprint density at radius 3 is 2.58 bits per heavy atom. The molecular weight excluding hydrogens is 174 g/mol. The van der Waals surface area contributed by atoms with Gasteiger partial charge in [0.15, 0.2) is 0 Å². The quantitative estimate of drug-likeness (QED) is 0.588. The lowest BCUT2D eigenvalue weighted by Gasteiger charge is -1.92. The van der Waals surface area contributed by atoms with Gasteiger partial charge in [-0.1, -0.05) is 25.4 Å². The molecule has 0 amide bonds. The van der Waals surface area contributed by atoms with Crippen LogP contribution in [-0.2, 0) is 0 Å². The van der Waals surface area contributed by atoms with Gasteiger partial charge in [0.1, 0.15) is 5.15 Å². The standard InChI is InChI=1S/C6H4ClN3.C2H6/c7-5-1-2-8-6-9-3-4-10(5)6;1-2/h1-4H;1-2H3. The van der Waals surface area contributed by atoms with E-state index in [2.05, 4.69) is 9.97 Å². The summed E-state index contributed by atoms with van der Waals surface area (Å²) in [4.78, 5) is 7.92. The first-order valence-electron chi connectivity index (χ1n) is 3.81. The Kier molecular flexibility index (Phi) is 3.05. The molecule has 0 aromatic carbocycles. The first-order valence-corrected chi connectivity index (χ1v) is 4.19. The van der Waals surface area contributed by atoms with Crippen LogP contribution >= 0.6 is 11.6 Å². The fourth-order valence-electron chi connectivity index (χ4n) is 0.804. The Morgan fingerprint density at radius 1 is 1.25 bits per heavy atom. The highest BCUT2D eigenvalue weighted by molar-refractivity contribution is 6.29. The minimum Gasteiger partial charge on any atom is -0.274 e. The van der Waals surface area contributed by atoms with Crippen LogP contribution in [0.4, 0.5) is 0 Å². The summed E-state index contributed by atoms with van der Waals surface area (Å²) in [5, 5.41) is 0.627. The molecule has 0 radical (unpaired) electrons. The Labute approximate surface area is 76.0 Å². The zero-order chi connectivity index (χ0) is 8.97. The summed E-state index contributed by atoms with van der Waals surface area (Å²) >= 11 is 5.78. The summed E-state index contributed by atoms with van der Waals surface area (Å²) in [6.07, 6.45) is 5.06. The SMILES string of the molecule is CC.Clc1ccnc2nccn12. The topological polar surface area (TPSA) is 30.2 Å². The molecule has 0 saturated carbocycles. The van der Waals surface area contributed by atoms with Crippen LogP contribution in [0.3, 0.4) is 0 Å². The summed E-state index contributed by atoms with van der Waals surface area (Å²) in [7, 11) is 0. The largest absolute Gasteiger partial charge is 0.274 e. The molecule has 12 heavy (non-hydrogen) atoms. The highest BCUT2D eigenvalue weighted by atomic mass is 35.5. The van der Waals surface area contributed by atoms with E-state index in [1.54, 1.807) is 29.1 Å². The molecule has 0 unspecified atom stereocenters. The van der Waals surface area contributed by atoms with Crippen molar-refractivity contribution in [2.45, 2.75) is 13.8 Å². The lowest BCUT2D eigenvalue weighted by molar-refractivity contribution is 1.11. The second-order valence-corrected chi connectivity index (χ2v) is 2.25. The molecule has 64 valence electrons. The van der Waals surface area contributed by atoms with Crippen molar-refractivity contribution in [3.8, 4) is 0 Å². The van der Waals surface area contributed by atoms with Crippen LogP contribution < -0.4 is 0 Å². The van der Waals surface area contributed by atoms with E-state index in [1.807, 2.05) is 13.8 Å². The fourth-order valence-corrected chi connectivity index (χ4v) is 0.992. The minimum absolute atomic E-state index is 0.627. The molecule has 2 rings (SSSR count). The van der Waals surface area contributed by atoms with Gasteiger partial charge in [0.05, 0.1) is 0 Å². The predicted molar refractivity (Wildman–Crippen MR) is 49.3 cm³/mol. The van der Waals surface area contributed by atoms with Crippen LogP contribution in [0.5, 0.6) is 0 Å². The summed E-state index contributed by atoms with van der Waals surface area (Å²) < 4.78 is 1.71. The first-order chi connectivity index (χ1) is 5.88. The lowest BCUT2D eigenvalue weighted by Crippen LogP contribution is -1.86. The molecule has 0 aliphatic carbocycles. The second-order valence-electron chi connectivity index (χ2n) is 1.86. The van der Waals surface area contributed by atoms with E-state index in [9.17, 15) is 0 Å². The number of halogens is 1. The van der Waals surface area contributed by atoms with Crippen molar-refractivity contribution >= 4 is 17.4 Å². The minimum atomic E-state index is 0.627. The van der Waals surface area contributed by atoms with Crippen molar-refractivity contribution in [1.82, 2.24) is 14.4 Å². The molecule has 0 saturated heterocycles. The lowest BCUT2D eigenvalue weighted by atomic mass is 10.7. The Hall–Kier alpha value is -1.09. The van der Waals surface area contributed by atoms with Crippen molar-refractivity contribution in [2.75, 3.05) is 0 Å². The van der Waals surface area contributed by atoms with Gasteiger partial charge in [0, 0.05) is 18.6 Å². The van der Waals surface area contributed by atoms with Crippen molar-refractivity contribution in [3.05, 3.63) is 29.8 Å². The fraction of sp³-hybridized carbons (Fsp3) is 0.250. The number of aromatic nitrogens is 3. The number of hydrogen-bond donors (Lipinski definition) is 0. The molecule has 0 spiro atoms. The van der Waals surface area contributed by atoms with Gasteiger partial charge in [-0.25, -0.2) is 9.97 Å². The van der Waals surface area contributed by atoms with Crippen LogP contribution in [0.15, 0.2) is 24.7 Å². The molecule has 4 heteroatoms. The molecule has 0 N–H and O–H groups in total. The number of imidazole rings is 1. The smallest absolute Gasteiger partial charge is 0.234 e. The molecule has 2 heterocycles. The van der Waals surface area contributed by atoms with Gasteiger partial charge in [-0.2, -0.15) is 0 Å². The van der Waals surface area contributed by atoms with Gasteiger partial charge in [-0.3, -0.25) is 4.40 Å². The van der Waals surface area contributed by atoms with E-state index in [0.717, 1.165) is 0 Å². The van der Waals surface area contributed by atoms with E-state index in [-0.39, 0.29) is 0 Å². The zero-order valence-electron chi connectivity index (χ0n) is 7.03. The summed E-state index contributed by atoms with van der Waals surface area (Å²) in [6.45, 7) is 4.00. The highest BCUT2D eigenvalue weighted by Crippen LogP contribution is 2.07. The summed E-state index contributed by atoms with van der Waals surface area (Å²) in [5.41, 5.74) is 0. The third-order valence-corrected chi connectivity index (χ3v) is 1.56. The van der Waals surface area contributed by atoms with Crippen molar-refractivity contribution in [2.24, 2.45) is 0 Å². The van der Waals surface area contributed by atoms with Crippen LogP contribution in [0.25, 0.3) is 5.78 Å². The average Bonchev–Trinajstić information content (AvgIpc) is 2.57. The molecule has 2 aromatic rings. The van der Waals surface area contributed by atoms with Gasteiger partial charge in [-0.05, 0) is 6.07 Å². The van der Waals surface area contributed by atoms with Crippen molar-refractivity contribution in [3.63, 3.8) is 0 Å². The Morgan fingerprint density at radius 2 is 1.92 bits per heavy atom. The van der Waals surface area contributed by atoms with E-state index in [1.165, 1.54) is 0 Å². The number of rotatable bonds is 0. The molecule has 0 aliphatic heterocycles. The predicted octanol–water partition coefficient (Wildman–Crippen LogP) is 2.41. The summed E-state index contributed by atoms with van der Waals surface area (Å²) in [6, 6.07) is 1.72. The van der Waals surface area contributed by atoms with E-state index >= 15 is 0 Å². The molecule has 0 aliphatic rings. The van der Waals surface area contributed by atoms with Gasteiger partial charge < -0.3 is 0 Å². The van der Waals surface area contributed by atoms with Gasteiger partial charge in [0.2, 0.25) is 5.78 Å². The van der Waals surface area contributed by atoms with E-state index in [4.69, 9.17) is 11.6 Å². The van der Waals surface area contributed by atoms with Crippen LogP contribution in [0, 0.1) is 0 Å². The van der Waals surface area contributed by atoms with Crippen LogP contribution in [0.2, 0.25) is 5.15 Å². The number of nitrogens with zero attached hydrogens (tertiary/aromatic N) is 3. The van der Waals surface area contributed by atoms with Crippen LogP contribution in [-0.4, -0.2) is 14.4 Å². The first kappa shape index (κ1) is 9.00. The molecule has 2 aromatic heterocycles. The van der Waals surface area contributed by atoms with Crippen molar-refractivity contribution < 1.29 is 0 Å². The zero-order valence-corrected chi connectivity index (χ0v) is 7.78. The van der Waals surface area contributed by atoms with Crippen molar-refractivity contribution in [1.29, 1.82) is 0 Å². The van der Waals surface area contributed by atoms with Crippen LogP contribution in [0.1, 0.15) is 13.8 Å². The maximum absolute atomic E-state index is 5.78. The third kappa shape index (κ3) is 1.56. The van der Waals surface area contributed by atoms with E-state index in [0.29, 0.717) is 10.9 Å². The highest BCUT2D eigenvalue weighted by Gasteiger charge is 1.95.